The lowest BCUT2D eigenvalue weighted by molar-refractivity contribution is -0.132. The maximum atomic E-state index is 14.8. The first-order valence-corrected chi connectivity index (χ1v) is 16.4. The van der Waals surface area contributed by atoms with Gasteiger partial charge in [-0.05, 0) is 55.7 Å². The van der Waals surface area contributed by atoms with Crippen molar-refractivity contribution < 1.29 is 23.0 Å². The topological polar surface area (TPSA) is 103 Å². The van der Waals surface area contributed by atoms with Crippen molar-refractivity contribution in [3.8, 4) is 22.7 Å². The number of aromatic nitrogens is 6. The fourth-order valence-electron chi connectivity index (χ4n) is 7.06. The molecule has 2 aromatic carbocycles. The molecular weight excluding hydrogens is 630 g/mol. The summed E-state index contributed by atoms with van der Waals surface area (Å²) in [6, 6.07) is 16.8. The molecule has 6 heterocycles. The SMILES string of the molecule is COCCCN1CCCc2cnc3cccc(n23)-c2cccc(c2)OC2C[C@@H](C1=O)N(c1ncnc3c1cnn3-c1ccc(F)cc1F)C2. The quantitative estimate of drug-likeness (QED) is 0.223. The summed E-state index contributed by atoms with van der Waals surface area (Å²) >= 11 is 0. The van der Waals surface area contributed by atoms with Crippen molar-refractivity contribution in [3.63, 3.8) is 0 Å². The second-order valence-electron chi connectivity index (χ2n) is 12.4. The second-order valence-corrected chi connectivity index (χ2v) is 12.4. The summed E-state index contributed by atoms with van der Waals surface area (Å²) in [5, 5.41) is 4.94. The van der Waals surface area contributed by atoms with Crippen LogP contribution in [0.15, 0.2) is 79.4 Å². The van der Waals surface area contributed by atoms with E-state index in [2.05, 4.69) is 36.6 Å². The Kier molecular flexibility index (Phi) is 8.12. The first kappa shape index (κ1) is 30.9. The van der Waals surface area contributed by atoms with E-state index in [-0.39, 0.29) is 17.7 Å². The number of carbonyl (C=O) groups is 1. The molecule has 6 aromatic rings. The monoisotopic (exact) mass is 664 g/mol. The van der Waals surface area contributed by atoms with Crippen molar-refractivity contribution >= 4 is 28.4 Å². The van der Waals surface area contributed by atoms with Gasteiger partial charge in [0.2, 0.25) is 5.91 Å². The summed E-state index contributed by atoms with van der Waals surface area (Å²) < 4.78 is 44.0. The maximum Gasteiger partial charge on any atom is 0.245 e. The molecule has 0 radical (unpaired) electrons. The van der Waals surface area contributed by atoms with Crippen molar-refractivity contribution in [1.82, 2.24) is 34.0 Å². The minimum atomic E-state index is -0.769. The number of carbonyl (C=O) groups excluding carboxylic acids is 1. The molecule has 2 aliphatic rings. The van der Waals surface area contributed by atoms with E-state index in [4.69, 9.17) is 9.47 Å². The number of ether oxygens (including phenoxy) is 2. The number of methoxy groups -OCH3 is 1. The molecule has 11 nitrogen and oxygen atoms in total. The summed E-state index contributed by atoms with van der Waals surface area (Å²) in [4.78, 5) is 32.2. The number of amides is 1. The number of hydrogen-bond donors (Lipinski definition) is 0. The van der Waals surface area contributed by atoms with Gasteiger partial charge in [-0.2, -0.15) is 5.10 Å². The molecule has 4 bridgehead atoms. The Bertz CT molecular complexity index is 2170. The van der Waals surface area contributed by atoms with E-state index in [0.29, 0.717) is 61.7 Å². The molecule has 49 heavy (non-hydrogen) atoms. The van der Waals surface area contributed by atoms with Crippen molar-refractivity contribution in [3.05, 3.63) is 96.7 Å². The predicted octanol–water partition coefficient (Wildman–Crippen LogP) is 5.25. The summed E-state index contributed by atoms with van der Waals surface area (Å²) in [7, 11) is 1.66. The van der Waals surface area contributed by atoms with E-state index in [9.17, 15) is 13.6 Å². The van der Waals surface area contributed by atoms with Gasteiger partial charge >= 0.3 is 0 Å². The van der Waals surface area contributed by atoms with Crippen molar-refractivity contribution in [2.75, 3.05) is 38.3 Å². The highest BCUT2D eigenvalue weighted by Crippen LogP contribution is 2.35. The molecule has 8 rings (SSSR count). The first-order valence-electron chi connectivity index (χ1n) is 16.4. The fourth-order valence-corrected chi connectivity index (χ4v) is 7.06. The Morgan fingerprint density at radius 3 is 2.80 bits per heavy atom. The van der Waals surface area contributed by atoms with Crippen LogP contribution in [0.1, 0.15) is 25.0 Å². The van der Waals surface area contributed by atoms with Gasteiger partial charge in [-0.3, -0.25) is 9.20 Å². The highest BCUT2D eigenvalue weighted by atomic mass is 19.1. The largest absolute Gasteiger partial charge is 0.488 e. The molecule has 1 amide bonds. The van der Waals surface area contributed by atoms with Crippen molar-refractivity contribution in [1.29, 1.82) is 0 Å². The van der Waals surface area contributed by atoms with Crippen LogP contribution in [0.3, 0.4) is 0 Å². The Balaban J connectivity index is 1.20. The third kappa shape index (κ3) is 5.73. The van der Waals surface area contributed by atoms with E-state index in [1.807, 2.05) is 46.3 Å². The Morgan fingerprint density at radius 1 is 1.02 bits per heavy atom. The molecular formula is C36H34F2N8O3. The standard InChI is InChI=1S/C36H34F2N8O3/c1-48-15-5-14-43-13-4-7-25-19-39-33-10-3-9-30(45(25)33)23-6-2-8-26(16-23)49-27-18-32(36(43)47)44(21-27)34-28-20-42-46(35(28)41-22-40-34)31-12-11-24(37)17-29(31)38/h2-3,6,8-12,16-17,19-20,22,27,32H,4-5,7,13-15,18,21H2,1H3/t27?,32-/m0/s1. The molecule has 0 aliphatic carbocycles. The lowest BCUT2D eigenvalue weighted by Crippen LogP contribution is -2.47. The van der Waals surface area contributed by atoms with Crippen LogP contribution < -0.4 is 9.64 Å². The number of nitrogens with zero attached hydrogens (tertiary/aromatic N) is 8. The molecule has 2 aliphatic heterocycles. The molecule has 1 fully saturated rings. The average molecular weight is 665 g/mol. The zero-order valence-electron chi connectivity index (χ0n) is 26.9. The average Bonchev–Trinajstić information content (AvgIpc) is 3.84. The van der Waals surface area contributed by atoms with Crippen LogP contribution >= 0.6 is 0 Å². The number of aryl methyl sites for hydroxylation is 1. The molecule has 13 heteroatoms. The van der Waals surface area contributed by atoms with E-state index in [1.54, 1.807) is 13.3 Å². The number of pyridine rings is 1. The number of hydrogen-bond acceptors (Lipinski definition) is 8. The van der Waals surface area contributed by atoms with Crippen molar-refractivity contribution in [2.24, 2.45) is 0 Å². The number of benzene rings is 2. The third-order valence-electron chi connectivity index (χ3n) is 9.29. The number of halogens is 2. The van der Waals surface area contributed by atoms with Gasteiger partial charge in [-0.15, -0.1) is 0 Å². The Hall–Kier alpha value is -5.43. The number of rotatable bonds is 6. The van der Waals surface area contributed by atoms with Gasteiger partial charge in [0, 0.05) is 56.7 Å². The second kappa shape index (κ2) is 12.9. The van der Waals surface area contributed by atoms with Gasteiger partial charge in [-0.1, -0.05) is 18.2 Å². The highest BCUT2D eigenvalue weighted by Gasteiger charge is 2.41. The van der Waals surface area contributed by atoms with Crippen LogP contribution in [0.25, 0.3) is 33.6 Å². The van der Waals surface area contributed by atoms with Crippen LogP contribution in [0, 0.1) is 11.6 Å². The van der Waals surface area contributed by atoms with E-state index in [0.717, 1.165) is 41.5 Å². The number of fused-ring (bicyclic) bond motifs is 6. The van der Waals surface area contributed by atoms with Crippen LogP contribution in [-0.4, -0.2) is 85.4 Å². The highest BCUT2D eigenvalue weighted by molar-refractivity contribution is 5.92. The van der Waals surface area contributed by atoms with E-state index in [1.165, 1.54) is 23.1 Å². The zero-order chi connectivity index (χ0) is 33.5. The lowest BCUT2D eigenvalue weighted by Gasteiger charge is -2.31. The molecule has 4 aromatic heterocycles. The Morgan fingerprint density at radius 2 is 1.92 bits per heavy atom. The summed E-state index contributed by atoms with van der Waals surface area (Å²) in [6.45, 7) is 1.98. The fraction of sp³-hybridized carbons (Fsp3) is 0.306. The normalized spacial score (nSPS) is 18.1. The van der Waals surface area contributed by atoms with Gasteiger partial charge in [0.15, 0.2) is 11.5 Å². The minimum absolute atomic E-state index is 0.0339. The summed E-state index contributed by atoms with van der Waals surface area (Å²) in [5.41, 5.74) is 4.34. The minimum Gasteiger partial charge on any atom is -0.488 e. The molecule has 0 N–H and O–H groups in total. The molecule has 0 saturated carbocycles. The Labute approximate surface area is 280 Å². The van der Waals surface area contributed by atoms with Crippen LogP contribution in [0.2, 0.25) is 0 Å². The number of anilines is 1. The molecule has 1 unspecified atom stereocenters. The van der Waals surface area contributed by atoms with Gasteiger partial charge < -0.3 is 19.3 Å². The van der Waals surface area contributed by atoms with Crippen LogP contribution in [0.4, 0.5) is 14.6 Å². The van der Waals surface area contributed by atoms with Gasteiger partial charge in [0.25, 0.3) is 0 Å². The van der Waals surface area contributed by atoms with Gasteiger partial charge in [-0.25, -0.2) is 28.4 Å². The predicted molar refractivity (Wildman–Crippen MR) is 179 cm³/mol. The van der Waals surface area contributed by atoms with Crippen LogP contribution in [-0.2, 0) is 16.0 Å². The summed E-state index contributed by atoms with van der Waals surface area (Å²) in [5.74, 6) is -0.312. The van der Waals surface area contributed by atoms with Crippen LogP contribution in [0.5, 0.6) is 5.75 Å². The molecule has 0 spiro atoms. The first-order chi connectivity index (χ1) is 24.0. The smallest absolute Gasteiger partial charge is 0.245 e. The summed E-state index contributed by atoms with van der Waals surface area (Å²) in [6.07, 6.45) is 7.08. The van der Waals surface area contributed by atoms with Gasteiger partial charge in [0.1, 0.15) is 47.2 Å². The van der Waals surface area contributed by atoms with E-state index >= 15 is 0 Å². The number of imidazole rings is 1. The maximum absolute atomic E-state index is 14.8. The lowest BCUT2D eigenvalue weighted by atomic mass is 10.1. The molecule has 2 atom stereocenters. The molecule has 250 valence electrons. The third-order valence-corrected chi connectivity index (χ3v) is 9.29. The van der Waals surface area contributed by atoms with Gasteiger partial charge in [0.05, 0.1) is 23.8 Å². The van der Waals surface area contributed by atoms with E-state index < -0.39 is 17.7 Å². The molecule has 1 saturated heterocycles. The zero-order valence-corrected chi connectivity index (χ0v) is 26.9. The van der Waals surface area contributed by atoms with Crippen molar-refractivity contribution in [2.45, 2.75) is 37.8 Å².